The number of benzene rings is 2. The summed E-state index contributed by atoms with van der Waals surface area (Å²) in [4.78, 5) is 18.2. The Morgan fingerprint density at radius 1 is 1.10 bits per heavy atom. The minimum absolute atomic E-state index is 0.286. The Balaban J connectivity index is 1.77. The number of amides is 1. The number of rotatable bonds is 4. The molecule has 4 rings (SSSR count). The molecule has 2 heterocycles. The van der Waals surface area contributed by atoms with Crippen LogP contribution >= 0.6 is 0 Å². The number of hydrogen-bond acceptors (Lipinski definition) is 4. The largest absolute Gasteiger partial charge is 0.465 e. The first-order valence-corrected chi connectivity index (χ1v) is 8.90. The molecule has 0 spiro atoms. The van der Waals surface area contributed by atoms with Gasteiger partial charge in [-0.2, -0.15) is 5.26 Å². The predicted octanol–water partition coefficient (Wildman–Crippen LogP) is 5.24. The third-order valence-electron chi connectivity index (χ3n) is 4.75. The Morgan fingerprint density at radius 2 is 1.90 bits per heavy atom. The van der Waals surface area contributed by atoms with Gasteiger partial charge in [-0.1, -0.05) is 12.1 Å². The van der Waals surface area contributed by atoms with Crippen molar-refractivity contribution >= 4 is 34.1 Å². The molecule has 4 N–H and O–H groups in total. The van der Waals surface area contributed by atoms with Crippen molar-refractivity contribution in [1.82, 2.24) is 9.97 Å². The molecule has 0 saturated carbocycles. The average Bonchev–Trinajstić information content (AvgIpc) is 3.20. The summed E-state index contributed by atoms with van der Waals surface area (Å²) in [5.41, 5.74) is 5.97. The lowest BCUT2D eigenvalue weighted by Crippen LogP contribution is -2.06. The highest BCUT2D eigenvalue weighted by Gasteiger charge is 2.14. The number of anilines is 3. The predicted molar refractivity (Wildman–Crippen MR) is 112 cm³/mol. The highest BCUT2D eigenvalue weighted by atomic mass is 16.4. The van der Waals surface area contributed by atoms with Gasteiger partial charge in [-0.3, -0.25) is 5.32 Å². The lowest BCUT2D eigenvalue weighted by molar-refractivity contribution is 0.210. The van der Waals surface area contributed by atoms with E-state index in [0.717, 1.165) is 33.4 Å². The van der Waals surface area contributed by atoms with Crippen molar-refractivity contribution in [1.29, 1.82) is 5.26 Å². The fourth-order valence-electron chi connectivity index (χ4n) is 3.35. The van der Waals surface area contributed by atoms with Crippen LogP contribution in [-0.2, 0) is 0 Å². The first-order valence-electron chi connectivity index (χ1n) is 8.90. The summed E-state index contributed by atoms with van der Waals surface area (Å²) in [5.74, 6) is 0. The molecule has 7 heteroatoms. The van der Waals surface area contributed by atoms with Crippen LogP contribution in [0, 0.1) is 18.3 Å². The molecular weight excluding hydrogens is 366 g/mol. The van der Waals surface area contributed by atoms with Gasteiger partial charge in [0.1, 0.15) is 11.8 Å². The highest BCUT2D eigenvalue weighted by Crippen LogP contribution is 2.35. The summed E-state index contributed by atoms with van der Waals surface area (Å²) < 4.78 is 0. The summed E-state index contributed by atoms with van der Waals surface area (Å²) >= 11 is 0. The van der Waals surface area contributed by atoms with Crippen molar-refractivity contribution in [2.24, 2.45) is 0 Å². The fraction of sp³-hybridized carbons (Fsp3) is 0.0455. The second-order valence-electron chi connectivity index (χ2n) is 6.50. The number of carboxylic acid groups (broad SMARTS) is 1. The molecule has 0 fully saturated rings. The molecular formula is C22H17N5O2. The Labute approximate surface area is 166 Å². The second kappa shape index (κ2) is 7.37. The SMILES string of the molecule is Cc1c(Nc2ccnc(C#N)c2-c2ccc(NC(=O)O)cc2)ccc2[nH]ccc12. The van der Waals surface area contributed by atoms with Crippen LogP contribution in [-0.4, -0.2) is 21.2 Å². The molecule has 0 atom stereocenters. The molecule has 4 aromatic rings. The summed E-state index contributed by atoms with van der Waals surface area (Å²) in [6, 6.07) is 16.8. The number of hydrogen-bond donors (Lipinski definition) is 4. The Morgan fingerprint density at radius 3 is 2.62 bits per heavy atom. The minimum atomic E-state index is -1.13. The lowest BCUT2D eigenvalue weighted by atomic mass is 10.0. The molecule has 0 radical (unpaired) electrons. The van der Waals surface area contributed by atoms with Crippen molar-refractivity contribution in [3.05, 3.63) is 72.2 Å². The maximum Gasteiger partial charge on any atom is 0.409 e. The van der Waals surface area contributed by atoms with E-state index in [0.29, 0.717) is 11.3 Å². The Kier molecular flexibility index (Phi) is 4.59. The van der Waals surface area contributed by atoms with Crippen molar-refractivity contribution in [2.45, 2.75) is 6.92 Å². The van der Waals surface area contributed by atoms with Gasteiger partial charge in [0, 0.05) is 40.2 Å². The molecule has 2 aromatic heterocycles. The number of carbonyl (C=O) groups is 1. The van der Waals surface area contributed by atoms with Gasteiger partial charge in [0.15, 0.2) is 0 Å². The number of aromatic nitrogens is 2. The van der Waals surface area contributed by atoms with E-state index < -0.39 is 6.09 Å². The summed E-state index contributed by atoms with van der Waals surface area (Å²) in [7, 11) is 0. The smallest absolute Gasteiger partial charge is 0.409 e. The monoisotopic (exact) mass is 383 g/mol. The van der Waals surface area contributed by atoms with Crippen LogP contribution in [0.3, 0.4) is 0 Å². The van der Waals surface area contributed by atoms with Crippen molar-refractivity contribution in [3.8, 4) is 17.2 Å². The van der Waals surface area contributed by atoms with Gasteiger partial charge >= 0.3 is 6.09 Å². The van der Waals surface area contributed by atoms with Crippen LogP contribution in [0.4, 0.5) is 21.9 Å². The minimum Gasteiger partial charge on any atom is -0.465 e. The zero-order valence-corrected chi connectivity index (χ0v) is 15.5. The molecule has 0 aliphatic heterocycles. The van der Waals surface area contributed by atoms with Gasteiger partial charge in [0.05, 0.1) is 5.69 Å². The van der Waals surface area contributed by atoms with Gasteiger partial charge in [-0.05, 0) is 54.4 Å². The summed E-state index contributed by atoms with van der Waals surface area (Å²) in [6.45, 7) is 2.04. The Bertz CT molecular complexity index is 1250. The molecule has 7 nitrogen and oxygen atoms in total. The van der Waals surface area contributed by atoms with E-state index in [1.165, 1.54) is 0 Å². The zero-order valence-electron chi connectivity index (χ0n) is 15.5. The molecule has 2 aromatic carbocycles. The molecule has 0 bridgehead atoms. The quantitative estimate of drug-likeness (QED) is 0.385. The lowest BCUT2D eigenvalue weighted by Gasteiger charge is -2.16. The maximum absolute atomic E-state index is 10.8. The van der Waals surface area contributed by atoms with Crippen LogP contribution in [0.15, 0.2) is 60.9 Å². The van der Waals surface area contributed by atoms with Crippen LogP contribution in [0.5, 0.6) is 0 Å². The molecule has 142 valence electrons. The van der Waals surface area contributed by atoms with E-state index in [4.69, 9.17) is 5.11 Å². The number of aryl methyl sites for hydroxylation is 1. The van der Waals surface area contributed by atoms with Gasteiger partial charge in [0.2, 0.25) is 0 Å². The van der Waals surface area contributed by atoms with E-state index in [1.54, 1.807) is 30.5 Å². The highest BCUT2D eigenvalue weighted by molar-refractivity contribution is 5.91. The number of pyridine rings is 1. The maximum atomic E-state index is 10.8. The summed E-state index contributed by atoms with van der Waals surface area (Å²) in [6.07, 6.45) is 2.36. The number of nitrogens with one attached hydrogen (secondary N) is 3. The van der Waals surface area contributed by atoms with E-state index in [9.17, 15) is 10.1 Å². The van der Waals surface area contributed by atoms with E-state index in [-0.39, 0.29) is 5.69 Å². The summed E-state index contributed by atoms with van der Waals surface area (Å²) in [5, 5.41) is 25.3. The zero-order chi connectivity index (χ0) is 20.4. The molecule has 1 amide bonds. The van der Waals surface area contributed by atoms with Crippen molar-refractivity contribution < 1.29 is 9.90 Å². The first-order chi connectivity index (χ1) is 14.1. The van der Waals surface area contributed by atoms with Crippen molar-refractivity contribution in [2.75, 3.05) is 10.6 Å². The van der Waals surface area contributed by atoms with Crippen molar-refractivity contribution in [3.63, 3.8) is 0 Å². The third-order valence-corrected chi connectivity index (χ3v) is 4.75. The standard InChI is InChI=1S/C22H17N5O2/c1-13-16-8-10-24-18(16)7-6-17(13)27-19-9-11-25-20(12-23)21(19)14-2-4-15(5-3-14)26-22(28)29/h2-11,24,26H,1H3,(H,25,27)(H,28,29). The Hall–Kier alpha value is -4.31. The van der Waals surface area contributed by atoms with E-state index >= 15 is 0 Å². The second-order valence-corrected chi connectivity index (χ2v) is 6.50. The van der Waals surface area contributed by atoms with E-state index in [1.807, 2.05) is 37.4 Å². The topological polar surface area (TPSA) is 114 Å². The van der Waals surface area contributed by atoms with Crippen LogP contribution in [0.1, 0.15) is 11.3 Å². The number of aromatic amines is 1. The number of nitrogens with zero attached hydrogens (tertiary/aromatic N) is 2. The third kappa shape index (κ3) is 3.47. The van der Waals surface area contributed by atoms with Crippen LogP contribution < -0.4 is 10.6 Å². The van der Waals surface area contributed by atoms with E-state index in [2.05, 4.69) is 26.7 Å². The number of nitriles is 1. The fourth-order valence-corrected chi connectivity index (χ4v) is 3.35. The molecule has 0 unspecified atom stereocenters. The van der Waals surface area contributed by atoms with Crippen LogP contribution in [0.25, 0.3) is 22.0 Å². The molecule has 0 aliphatic carbocycles. The molecule has 0 aliphatic rings. The van der Waals surface area contributed by atoms with Gasteiger partial charge < -0.3 is 15.4 Å². The molecule has 0 saturated heterocycles. The average molecular weight is 383 g/mol. The van der Waals surface area contributed by atoms with Gasteiger partial charge in [0.25, 0.3) is 0 Å². The van der Waals surface area contributed by atoms with Gasteiger partial charge in [-0.15, -0.1) is 0 Å². The van der Waals surface area contributed by atoms with Gasteiger partial charge in [-0.25, -0.2) is 9.78 Å². The normalized spacial score (nSPS) is 10.5. The first kappa shape index (κ1) is 18.1. The number of fused-ring (bicyclic) bond motifs is 1. The molecule has 29 heavy (non-hydrogen) atoms. The number of H-pyrrole nitrogens is 1. The van der Waals surface area contributed by atoms with Crippen LogP contribution in [0.2, 0.25) is 0 Å².